The van der Waals surface area contributed by atoms with E-state index in [0.29, 0.717) is 0 Å². The van der Waals surface area contributed by atoms with E-state index in [4.69, 9.17) is 10.2 Å². The molecule has 0 heterocycles. The molecule has 0 aliphatic carbocycles. The Morgan fingerprint density at radius 3 is 0.941 bits per heavy atom. The minimum Gasteiger partial charge on any atom is -0.512 e. The van der Waals surface area contributed by atoms with Gasteiger partial charge in [0, 0.05) is 12.2 Å². The molecule has 2 N–H and O–H groups in total. The molecule has 98 valence electrons. The van der Waals surface area contributed by atoms with Crippen molar-refractivity contribution >= 4 is 11.6 Å². The smallest absolute Gasteiger partial charge is 0.512 e. The van der Waals surface area contributed by atoms with Crippen LogP contribution in [0.3, 0.4) is 0 Å². The minimum absolute atomic E-state index is 0. The fourth-order valence-corrected chi connectivity index (χ4v) is 0.588. The van der Waals surface area contributed by atoms with Gasteiger partial charge in [-0.2, -0.15) is 0 Å². The first kappa shape index (κ1) is 29.8. The van der Waals surface area contributed by atoms with Crippen molar-refractivity contribution in [3.05, 3.63) is 38.5 Å². The van der Waals surface area contributed by atoms with Gasteiger partial charge in [0.15, 0.2) is 11.6 Å². The molecule has 0 fully saturated rings. The zero-order chi connectivity index (χ0) is 11.7. The molecule has 0 atom stereocenters. The van der Waals surface area contributed by atoms with Crippen LogP contribution >= 0.6 is 0 Å². The van der Waals surface area contributed by atoms with E-state index in [1.165, 1.54) is 39.8 Å². The molecule has 0 aromatic rings. The number of aliphatic hydroxyl groups excluding tert-OH is 2. The van der Waals surface area contributed by atoms with Crippen molar-refractivity contribution in [1.82, 2.24) is 0 Å². The molecule has 0 aliphatic rings. The molecule has 17 heavy (non-hydrogen) atoms. The largest absolute Gasteiger partial charge is 2.00 e. The number of carbonyl (C=O) groups is 2. The van der Waals surface area contributed by atoms with Crippen molar-refractivity contribution in [2.45, 2.75) is 27.7 Å². The van der Waals surface area contributed by atoms with Crippen LogP contribution in [-0.4, -0.2) is 21.8 Å². The van der Waals surface area contributed by atoms with Crippen LogP contribution in [0.4, 0.5) is 0 Å². The second-order valence-corrected chi connectivity index (χ2v) is 2.79. The summed E-state index contributed by atoms with van der Waals surface area (Å²) < 4.78 is 0. The van der Waals surface area contributed by atoms with Gasteiger partial charge in [-0.05, 0) is 27.7 Å². The van der Waals surface area contributed by atoms with E-state index in [2.05, 4.69) is 0 Å². The van der Waals surface area contributed by atoms with E-state index in [9.17, 15) is 9.59 Å². The summed E-state index contributed by atoms with van der Waals surface area (Å²) in [6, 6.07) is 0. The Labute approximate surface area is 119 Å². The third-order valence-corrected chi connectivity index (χ3v) is 0.824. The number of ketones is 2. The quantitative estimate of drug-likeness (QED) is 0.352. The summed E-state index contributed by atoms with van der Waals surface area (Å²) in [5.74, 6) is -0.125. The predicted molar refractivity (Wildman–Crippen MR) is 67.0 cm³/mol. The Hall–Kier alpha value is -0.866. The maximum absolute atomic E-state index is 10.0. The first-order valence-electron chi connectivity index (χ1n) is 4.01. The molecule has 0 aromatic heterocycles. The molecule has 0 aliphatic heterocycles. The Balaban J connectivity index is -0.0000000480. The predicted octanol–water partition coefficient (Wildman–Crippen LogP) is 2.97. The van der Waals surface area contributed by atoms with Gasteiger partial charge in [0.1, 0.15) is 0 Å². The van der Waals surface area contributed by atoms with Crippen LogP contribution in [0.5, 0.6) is 0 Å². The molecule has 0 radical (unpaired) electrons. The second-order valence-electron chi connectivity index (χ2n) is 2.79. The Bertz CT molecular complexity index is 232. The fourth-order valence-electron chi connectivity index (χ4n) is 0.588. The van der Waals surface area contributed by atoms with Crippen molar-refractivity contribution in [2.75, 3.05) is 0 Å². The summed E-state index contributed by atoms with van der Waals surface area (Å²) in [4.78, 5) is 20.0. The van der Waals surface area contributed by atoms with Crippen molar-refractivity contribution in [3.8, 4) is 0 Å². The summed E-state index contributed by atoms with van der Waals surface area (Å²) in [5, 5.41) is 16.7. The number of carbonyl (C=O) groups excluding carboxylic acids is 2. The molecule has 5 heteroatoms. The third-order valence-electron chi connectivity index (χ3n) is 0.824. The minimum atomic E-state index is -0.125. The van der Waals surface area contributed by atoms with Crippen molar-refractivity contribution in [2.24, 2.45) is 0 Å². The Morgan fingerprint density at radius 1 is 0.765 bits per heavy atom. The average molecular weight is 278 g/mol. The molecule has 4 nitrogen and oxygen atoms in total. The van der Waals surface area contributed by atoms with Gasteiger partial charge in [0.05, 0.1) is 11.5 Å². The molecule has 0 saturated carbocycles. The number of hydrogen-bond donors (Lipinski definition) is 2. The number of allylic oxidation sites excluding steroid dienone is 4. The zero-order valence-electron chi connectivity index (χ0n) is 11.4. The topological polar surface area (TPSA) is 74.6 Å². The normalized spacial score (nSPS) is 9.41. The number of rotatable bonds is 2. The van der Waals surface area contributed by atoms with Gasteiger partial charge in [-0.25, -0.2) is 0 Å². The van der Waals surface area contributed by atoms with Crippen LogP contribution in [0, 0.1) is 14.9 Å². The van der Waals surface area contributed by atoms with Crippen LogP contribution < -0.4 is 0 Å². The maximum Gasteiger partial charge on any atom is 2.00 e. The number of hydrogen-bond acceptors (Lipinski definition) is 4. The van der Waals surface area contributed by atoms with Gasteiger partial charge >= 0.3 is 21.7 Å². The standard InChI is InChI=1S/2C5H8O2.2CH3.Ti/c2*1-4(6)3-5(2)7;;;/h2*3,6H,1-2H3;2*1H3;/q;;2*-1;+2. The Morgan fingerprint density at radius 2 is 0.941 bits per heavy atom. The molecular weight excluding hydrogens is 256 g/mol. The first-order chi connectivity index (χ1) is 6.25. The first-order valence-corrected chi connectivity index (χ1v) is 4.01. The monoisotopic (exact) mass is 278 g/mol. The molecule has 0 bridgehead atoms. The van der Waals surface area contributed by atoms with Gasteiger partial charge in [-0.3, -0.25) is 9.59 Å². The van der Waals surface area contributed by atoms with Crippen molar-refractivity contribution < 1.29 is 41.5 Å². The summed E-state index contributed by atoms with van der Waals surface area (Å²) in [6.45, 7) is 5.70. The van der Waals surface area contributed by atoms with Gasteiger partial charge in [-0.15, -0.1) is 0 Å². The summed E-state index contributed by atoms with van der Waals surface area (Å²) in [5.41, 5.74) is 0. The average Bonchev–Trinajstić information content (AvgIpc) is 1.79. The second kappa shape index (κ2) is 17.5. The zero-order valence-corrected chi connectivity index (χ0v) is 12.9. The summed E-state index contributed by atoms with van der Waals surface area (Å²) in [7, 11) is 0. The van der Waals surface area contributed by atoms with Crippen molar-refractivity contribution in [1.29, 1.82) is 0 Å². The van der Waals surface area contributed by atoms with E-state index in [1.807, 2.05) is 0 Å². The van der Waals surface area contributed by atoms with Gasteiger partial charge < -0.3 is 25.1 Å². The third kappa shape index (κ3) is 51.3. The SMILES string of the molecule is CC(=O)C=C(C)O.CC(=O)C=C(C)O.[CH3-].[CH3-].[Ti+2]. The molecular formula is C12H22O4Ti. The van der Waals surface area contributed by atoms with Crippen LogP contribution in [0.25, 0.3) is 0 Å². The maximum atomic E-state index is 10.0. The molecule has 0 saturated heterocycles. The van der Waals surface area contributed by atoms with Crippen LogP contribution in [0.15, 0.2) is 23.7 Å². The van der Waals surface area contributed by atoms with E-state index in [1.54, 1.807) is 0 Å². The molecule has 0 aromatic carbocycles. The van der Waals surface area contributed by atoms with Gasteiger partial charge in [0.25, 0.3) is 0 Å². The van der Waals surface area contributed by atoms with Gasteiger partial charge in [-0.1, -0.05) is 0 Å². The van der Waals surface area contributed by atoms with E-state index in [-0.39, 0.29) is 59.7 Å². The summed E-state index contributed by atoms with van der Waals surface area (Å²) >= 11 is 0. The Kier molecular flexibility index (Phi) is 30.7. The summed E-state index contributed by atoms with van der Waals surface area (Å²) in [6.07, 6.45) is 2.33. The molecule has 0 amide bonds. The van der Waals surface area contributed by atoms with E-state index in [0.717, 1.165) is 0 Å². The fraction of sp³-hybridized carbons (Fsp3) is 0.333. The van der Waals surface area contributed by atoms with E-state index >= 15 is 0 Å². The molecule has 0 spiro atoms. The molecule has 0 unspecified atom stereocenters. The van der Waals surface area contributed by atoms with Crippen molar-refractivity contribution in [3.63, 3.8) is 0 Å². The van der Waals surface area contributed by atoms with E-state index < -0.39 is 0 Å². The van der Waals surface area contributed by atoms with Crippen LogP contribution in [0.1, 0.15) is 27.7 Å². The number of aliphatic hydroxyl groups is 2. The van der Waals surface area contributed by atoms with Crippen LogP contribution in [-0.2, 0) is 31.3 Å². The van der Waals surface area contributed by atoms with Crippen LogP contribution in [0.2, 0.25) is 0 Å². The van der Waals surface area contributed by atoms with Gasteiger partial charge in [0.2, 0.25) is 0 Å². The molecule has 0 rings (SSSR count).